The first-order chi connectivity index (χ1) is 16.6. The number of methoxy groups -OCH3 is 1. The number of rotatable bonds is 6. The van der Waals surface area contributed by atoms with E-state index in [1.165, 1.54) is 19.2 Å². The van der Waals surface area contributed by atoms with Gasteiger partial charge >= 0.3 is 0 Å². The first-order valence-corrected chi connectivity index (χ1v) is 12.9. The second kappa shape index (κ2) is 8.18. The van der Waals surface area contributed by atoms with E-state index in [0.717, 1.165) is 5.39 Å². The number of halogens is 2. The lowest BCUT2D eigenvalue weighted by Gasteiger charge is -2.40. The molecule has 0 bridgehead atoms. The summed E-state index contributed by atoms with van der Waals surface area (Å²) in [4.78, 5) is 17.1. The molecule has 0 aromatic carbocycles. The van der Waals surface area contributed by atoms with E-state index < -0.39 is 44.4 Å². The Kier molecular flexibility index (Phi) is 5.50. The molecule has 1 aliphatic carbocycles. The van der Waals surface area contributed by atoms with Gasteiger partial charge in [-0.2, -0.15) is 4.39 Å². The molecule has 0 radical (unpaired) electrons. The molecule has 1 fully saturated rings. The molecule has 1 aliphatic heterocycles. The molecule has 2 N–H and O–H groups in total. The summed E-state index contributed by atoms with van der Waals surface area (Å²) in [6.45, 7) is 0.344. The van der Waals surface area contributed by atoms with Gasteiger partial charge in [0.25, 0.3) is 0 Å². The molecular formula is C24H25F2N5O3S. The summed E-state index contributed by atoms with van der Waals surface area (Å²) in [6.07, 6.45) is 6.01. The topological polar surface area (TPSA) is 120 Å². The maximum absolute atomic E-state index is 15.0. The SMILES string of the molecule is COc1cnc2c(Cc3cnc(F)c([C@]4(C)CS(=O)(=O)[C@@](CF)(C5CC5)C(N)=N4)c3)nccc2c1. The van der Waals surface area contributed by atoms with E-state index in [4.69, 9.17) is 10.5 Å². The average molecular weight is 502 g/mol. The van der Waals surface area contributed by atoms with Gasteiger partial charge in [-0.05, 0) is 49.4 Å². The molecular weight excluding hydrogens is 476 g/mol. The van der Waals surface area contributed by atoms with Gasteiger partial charge in [0.1, 0.15) is 23.8 Å². The van der Waals surface area contributed by atoms with Gasteiger partial charge in [-0.25, -0.2) is 17.8 Å². The molecule has 0 amide bonds. The minimum atomic E-state index is -4.06. The molecule has 8 nitrogen and oxygen atoms in total. The highest BCUT2D eigenvalue weighted by Crippen LogP contribution is 2.49. The minimum Gasteiger partial charge on any atom is -0.495 e. The van der Waals surface area contributed by atoms with Crippen molar-refractivity contribution in [2.75, 3.05) is 19.5 Å². The lowest BCUT2D eigenvalue weighted by molar-refractivity contribution is 0.383. The van der Waals surface area contributed by atoms with E-state index in [1.807, 2.05) is 12.1 Å². The van der Waals surface area contributed by atoms with Gasteiger partial charge in [-0.1, -0.05) is 0 Å². The highest BCUT2D eigenvalue weighted by atomic mass is 32.2. The van der Waals surface area contributed by atoms with Crippen molar-refractivity contribution in [3.8, 4) is 5.75 Å². The molecule has 3 aromatic heterocycles. The number of nitrogens with zero attached hydrogens (tertiary/aromatic N) is 4. The van der Waals surface area contributed by atoms with Crippen LogP contribution in [0.3, 0.4) is 0 Å². The van der Waals surface area contributed by atoms with Crippen LogP contribution in [0.15, 0.2) is 41.8 Å². The number of fused-ring (bicyclic) bond motifs is 1. The molecule has 3 aromatic rings. The molecule has 11 heteroatoms. The van der Waals surface area contributed by atoms with Crippen LogP contribution in [0.4, 0.5) is 8.78 Å². The molecule has 184 valence electrons. The number of sulfone groups is 1. The van der Waals surface area contributed by atoms with E-state index in [0.29, 0.717) is 35.4 Å². The van der Waals surface area contributed by atoms with Gasteiger partial charge in [0.2, 0.25) is 5.95 Å². The van der Waals surface area contributed by atoms with Crippen LogP contribution in [0.2, 0.25) is 0 Å². The number of hydrogen-bond donors (Lipinski definition) is 1. The predicted octanol–water partition coefficient (Wildman–Crippen LogP) is 2.88. The third kappa shape index (κ3) is 3.72. The smallest absolute Gasteiger partial charge is 0.218 e. The van der Waals surface area contributed by atoms with Crippen LogP contribution in [0.5, 0.6) is 5.75 Å². The fourth-order valence-corrected chi connectivity index (χ4v) is 7.45. The largest absolute Gasteiger partial charge is 0.495 e. The van der Waals surface area contributed by atoms with E-state index in [2.05, 4.69) is 19.9 Å². The normalized spacial score (nSPS) is 25.9. The van der Waals surface area contributed by atoms with Crippen molar-refractivity contribution < 1.29 is 21.9 Å². The predicted molar refractivity (Wildman–Crippen MR) is 127 cm³/mol. The second-order valence-electron chi connectivity index (χ2n) is 9.39. The number of aliphatic imine (C=N–C) groups is 1. The fourth-order valence-electron chi connectivity index (χ4n) is 4.96. The van der Waals surface area contributed by atoms with Crippen LogP contribution in [0, 0.1) is 11.9 Å². The number of alkyl halides is 1. The second-order valence-corrected chi connectivity index (χ2v) is 11.6. The Morgan fingerprint density at radius 2 is 1.97 bits per heavy atom. The monoisotopic (exact) mass is 501 g/mol. The van der Waals surface area contributed by atoms with Crippen molar-refractivity contribution in [3.63, 3.8) is 0 Å². The lowest BCUT2D eigenvalue weighted by atomic mass is 9.92. The van der Waals surface area contributed by atoms with Gasteiger partial charge < -0.3 is 10.5 Å². The Bertz CT molecular complexity index is 1460. The van der Waals surface area contributed by atoms with E-state index in [1.54, 1.807) is 19.5 Å². The first-order valence-electron chi connectivity index (χ1n) is 11.2. The summed E-state index contributed by atoms with van der Waals surface area (Å²) in [5.74, 6) is -1.50. The van der Waals surface area contributed by atoms with Crippen molar-refractivity contribution in [3.05, 3.63) is 59.6 Å². The van der Waals surface area contributed by atoms with E-state index in [9.17, 15) is 17.2 Å². The number of aromatic nitrogens is 3. The summed E-state index contributed by atoms with van der Waals surface area (Å²) in [6, 6.07) is 5.17. The lowest BCUT2D eigenvalue weighted by Crippen LogP contribution is -2.61. The van der Waals surface area contributed by atoms with Gasteiger partial charge in [-0.15, -0.1) is 0 Å². The molecule has 0 saturated heterocycles. The van der Waals surface area contributed by atoms with Crippen LogP contribution >= 0.6 is 0 Å². The van der Waals surface area contributed by atoms with Crippen molar-refractivity contribution in [1.29, 1.82) is 0 Å². The summed E-state index contributed by atoms with van der Waals surface area (Å²) >= 11 is 0. The Morgan fingerprint density at radius 3 is 2.63 bits per heavy atom. The number of pyridine rings is 3. The third-order valence-corrected chi connectivity index (χ3v) is 9.70. The minimum absolute atomic E-state index is 0.0142. The standard InChI is InChI=1S/C24H25F2N5O3S/c1-23(13-35(32,33)24(12-25,16-3-4-16)22(27)31-23)18-7-14(10-30-21(18)26)8-19-20-15(5-6-28-19)9-17(34-2)11-29-20/h5-7,9-11,16H,3-4,8,12-13H2,1-2H3,(H2,27,31)/t23-,24-/m0/s1. The molecule has 4 heterocycles. The summed E-state index contributed by atoms with van der Waals surface area (Å²) < 4.78 is 59.2. The Morgan fingerprint density at radius 1 is 1.20 bits per heavy atom. The Hall–Kier alpha value is -3.21. The number of ether oxygens (including phenoxy) is 1. The summed E-state index contributed by atoms with van der Waals surface area (Å²) in [7, 11) is -2.50. The summed E-state index contributed by atoms with van der Waals surface area (Å²) in [5, 5.41) is 0.829. The van der Waals surface area contributed by atoms with Crippen molar-refractivity contribution in [2.24, 2.45) is 16.6 Å². The van der Waals surface area contributed by atoms with Crippen molar-refractivity contribution in [2.45, 2.75) is 36.5 Å². The Balaban J connectivity index is 1.55. The van der Waals surface area contributed by atoms with Crippen LogP contribution in [0.25, 0.3) is 10.9 Å². The average Bonchev–Trinajstić information content (AvgIpc) is 3.65. The zero-order valence-electron chi connectivity index (χ0n) is 19.3. The Labute approximate surface area is 201 Å². The van der Waals surface area contributed by atoms with Gasteiger partial charge in [-0.3, -0.25) is 15.0 Å². The van der Waals surface area contributed by atoms with Crippen LogP contribution < -0.4 is 10.5 Å². The first kappa shape index (κ1) is 23.5. The zero-order chi connectivity index (χ0) is 25.0. The third-order valence-electron chi connectivity index (χ3n) is 7.00. The maximum Gasteiger partial charge on any atom is 0.218 e. The summed E-state index contributed by atoms with van der Waals surface area (Å²) in [5.41, 5.74) is 6.45. The van der Waals surface area contributed by atoms with Gasteiger partial charge in [0, 0.05) is 29.8 Å². The van der Waals surface area contributed by atoms with Crippen LogP contribution in [-0.4, -0.2) is 53.5 Å². The number of nitrogens with two attached hydrogens (primary N) is 1. The highest BCUT2D eigenvalue weighted by Gasteiger charge is 2.62. The molecule has 0 spiro atoms. The molecule has 2 aliphatic rings. The number of amidine groups is 1. The zero-order valence-corrected chi connectivity index (χ0v) is 20.1. The molecule has 5 rings (SSSR count). The van der Waals surface area contributed by atoms with E-state index in [-0.39, 0.29) is 17.8 Å². The molecule has 0 unspecified atom stereocenters. The molecule has 35 heavy (non-hydrogen) atoms. The number of hydrogen-bond acceptors (Lipinski definition) is 8. The highest BCUT2D eigenvalue weighted by molar-refractivity contribution is 7.93. The van der Waals surface area contributed by atoms with E-state index >= 15 is 0 Å². The van der Waals surface area contributed by atoms with Crippen LogP contribution in [0.1, 0.15) is 36.6 Å². The van der Waals surface area contributed by atoms with Gasteiger partial charge in [0.05, 0.1) is 30.3 Å². The fraction of sp³-hybridized carbons (Fsp3) is 0.417. The van der Waals surface area contributed by atoms with Crippen molar-refractivity contribution >= 4 is 26.6 Å². The van der Waals surface area contributed by atoms with Gasteiger partial charge in [0.15, 0.2) is 14.6 Å². The van der Waals surface area contributed by atoms with Crippen LogP contribution in [-0.2, 0) is 21.8 Å². The quantitative estimate of drug-likeness (QED) is 0.516. The maximum atomic E-state index is 15.0. The molecule has 1 saturated carbocycles. The molecule has 2 atom stereocenters. The van der Waals surface area contributed by atoms with Crippen molar-refractivity contribution in [1.82, 2.24) is 15.0 Å².